The molecule has 2 amide bonds. The number of anilines is 1. The van der Waals surface area contributed by atoms with Gasteiger partial charge in [0.1, 0.15) is 17.3 Å². The van der Waals surface area contributed by atoms with Crippen molar-refractivity contribution < 1.29 is 18.7 Å². The van der Waals surface area contributed by atoms with Crippen molar-refractivity contribution in [1.29, 1.82) is 0 Å². The van der Waals surface area contributed by atoms with Crippen molar-refractivity contribution in [2.75, 3.05) is 11.5 Å². The summed E-state index contributed by atoms with van der Waals surface area (Å²) in [6, 6.07) is 10.4. The van der Waals surface area contributed by atoms with Crippen molar-refractivity contribution in [3.8, 4) is 5.75 Å². The van der Waals surface area contributed by atoms with E-state index in [1.807, 2.05) is 19.9 Å². The predicted octanol–water partition coefficient (Wildman–Crippen LogP) is 4.23. The largest absolute Gasteiger partial charge is 0.494 e. The van der Waals surface area contributed by atoms with E-state index in [1.165, 1.54) is 0 Å². The molecule has 0 spiro atoms. The predicted molar refractivity (Wildman–Crippen MR) is 89.5 cm³/mol. The number of nitrogens with zero attached hydrogens (tertiary/aromatic N) is 1. The molecule has 5 nitrogen and oxygen atoms in total. The van der Waals surface area contributed by atoms with Gasteiger partial charge in [-0.05, 0) is 62.0 Å². The van der Waals surface area contributed by atoms with Crippen molar-refractivity contribution in [1.82, 2.24) is 0 Å². The molecule has 0 saturated carbocycles. The van der Waals surface area contributed by atoms with Crippen LogP contribution in [0.4, 0.5) is 10.5 Å². The van der Waals surface area contributed by atoms with Gasteiger partial charge in [-0.2, -0.15) is 0 Å². The van der Waals surface area contributed by atoms with E-state index in [0.717, 1.165) is 22.4 Å². The second kappa shape index (κ2) is 6.34. The standard InChI is InChI=1S/C17H15NO4S/c1-3-21-13-8-5-12(6-9-13)18-16(19)15(23-17(18)20)10-14-7-4-11(2)22-14/h4-10H,3H2,1-2H3/b15-10-. The fourth-order valence-electron chi connectivity index (χ4n) is 2.21. The third kappa shape index (κ3) is 3.17. The molecule has 0 atom stereocenters. The lowest BCUT2D eigenvalue weighted by Gasteiger charge is -2.13. The van der Waals surface area contributed by atoms with Crippen LogP contribution in [0.1, 0.15) is 18.4 Å². The molecule has 0 N–H and O–H groups in total. The summed E-state index contributed by atoms with van der Waals surface area (Å²) in [4.78, 5) is 26.1. The van der Waals surface area contributed by atoms with Gasteiger partial charge in [-0.25, -0.2) is 4.90 Å². The Kier molecular flexibility index (Phi) is 4.25. The fourth-order valence-corrected chi connectivity index (χ4v) is 3.03. The van der Waals surface area contributed by atoms with E-state index in [0.29, 0.717) is 28.7 Å². The fraction of sp³-hybridized carbons (Fsp3) is 0.176. The minimum atomic E-state index is -0.349. The number of amides is 2. The Labute approximate surface area is 137 Å². The minimum Gasteiger partial charge on any atom is -0.494 e. The van der Waals surface area contributed by atoms with Crippen molar-refractivity contribution in [2.24, 2.45) is 0 Å². The number of furan rings is 1. The monoisotopic (exact) mass is 329 g/mol. The van der Waals surface area contributed by atoms with Crippen molar-refractivity contribution >= 4 is 34.7 Å². The zero-order valence-corrected chi connectivity index (χ0v) is 13.6. The van der Waals surface area contributed by atoms with Gasteiger partial charge in [0.05, 0.1) is 17.2 Å². The van der Waals surface area contributed by atoms with Gasteiger partial charge in [0.25, 0.3) is 11.1 Å². The number of carbonyl (C=O) groups excluding carboxylic acids is 2. The normalized spacial score (nSPS) is 16.4. The Bertz CT molecular complexity index is 776. The van der Waals surface area contributed by atoms with Crippen LogP contribution in [-0.4, -0.2) is 17.8 Å². The summed E-state index contributed by atoms with van der Waals surface area (Å²) in [5, 5.41) is -0.325. The number of thioether (sulfide) groups is 1. The summed E-state index contributed by atoms with van der Waals surface area (Å²) in [6.07, 6.45) is 1.59. The van der Waals surface area contributed by atoms with Gasteiger partial charge in [0, 0.05) is 6.08 Å². The van der Waals surface area contributed by atoms with E-state index in [1.54, 1.807) is 36.4 Å². The van der Waals surface area contributed by atoms with Gasteiger partial charge in [-0.1, -0.05) is 0 Å². The molecule has 0 radical (unpaired) electrons. The van der Waals surface area contributed by atoms with Crippen molar-refractivity contribution in [3.05, 3.63) is 52.8 Å². The summed E-state index contributed by atoms with van der Waals surface area (Å²) < 4.78 is 10.8. The third-order valence-corrected chi connectivity index (χ3v) is 4.10. The van der Waals surface area contributed by atoms with E-state index in [4.69, 9.17) is 9.15 Å². The van der Waals surface area contributed by atoms with Crippen LogP contribution < -0.4 is 9.64 Å². The molecule has 2 aromatic rings. The summed E-state index contributed by atoms with van der Waals surface area (Å²) in [5.41, 5.74) is 0.523. The van der Waals surface area contributed by atoms with Crippen LogP contribution in [-0.2, 0) is 4.79 Å². The molecule has 2 heterocycles. The van der Waals surface area contributed by atoms with E-state index >= 15 is 0 Å². The van der Waals surface area contributed by atoms with Gasteiger partial charge < -0.3 is 9.15 Å². The van der Waals surface area contributed by atoms with Crippen molar-refractivity contribution in [3.63, 3.8) is 0 Å². The second-order valence-corrected chi connectivity index (χ2v) is 5.89. The smallest absolute Gasteiger partial charge is 0.298 e. The second-order valence-electron chi connectivity index (χ2n) is 4.89. The van der Waals surface area contributed by atoms with Gasteiger partial charge in [-0.15, -0.1) is 0 Å². The van der Waals surface area contributed by atoms with Crippen LogP contribution in [0.15, 0.2) is 45.7 Å². The molecule has 1 fully saturated rings. The molecule has 1 aromatic carbocycles. The highest BCUT2D eigenvalue weighted by Gasteiger charge is 2.36. The Morgan fingerprint density at radius 2 is 1.91 bits per heavy atom. The van der Waals surface area contributed by atoms with Gasteiger partial charge in [-0.3, -0.25) is 9.59 Å². The zero-order valence-electron chi connectivity index (χ0n) is 12.7. The van der Waals surface area contributed by atoms with Gasteiger partial charge in [0.15, 0.2) is 0 Å². The molecule has 118 valence electrons. The molecule has 1 aromatic heterocycles. The number of ether oxygens (including phenoxy) is 1. The maximum atomic E-state index is 12.5. The summed E-state index contributed by atoms with van der Waals surface area (Å²) >= 11 is 0.902. The highest BCUT2D eigenvalue weighted by atomic mass is 32.2. The van der Waals surface area contributed by atoms with E-state index in [9.17, 15) is 9.59 Å². The summed E-state index contributed by atoms with van der Waals surface area (Å²) in [7, 11) is 0. The lowest BCUT2D eigenvalue weighted by atomic mass is 10.2. The number of imide groups is 1. The molecule has 0 bridgehead atoms. The van der Waals surface area contributed by atoms with Crippen LogP contribution >= 0.6 is 11.8 Å². The topological polar surface area (TPSA) is 59.8 Å². The van der Waals surface area contributed by atoms with Gasteiger partial charge in [0.2, 0.25) is 0 Å². The molecular formula is C17H15NO4S. The number of rotatable bonds is 4. The first-order chi connectivity index (χ1) is 11.1. The average Bonchev–Trinajstić information content (AvgIpc) is 3.05. The lowest BCUT2D eigenvalue weighted by Crippen LogP contribution is -2.27. The molecule has 1 aliphatic heterocycles. The Morgan fingerprint density at radius 3 is 2.52 bits per heavy atom. The molecule has 6 heteroatoms. The Morgan fingerprint density at radius 1 is 1.17 bits per heavy atom. The first-order valence-corrected chi connectivity index (χ1v) is 7.97. The summed E-state index contributed by atoms with van der Waals surface area (Å²) in [6.45, 7) is 4.28. The minimum absolute atomic E-state index is 0.325. The maximum Gasteiger partial charge on any atom is 0.298 e. The SMILES string of the molecule is CCOc1ccc(N2C(=O)S/C(=C\c3ccc(C)o3)C2=O)cc1. The van der Waals surface area contributed by atoms with Crippen LogP contribution in [0.25, 0.3) is 6.08 Å². The van der Waals surface area contributed by atoms with E-state index in [-0.39, 0.29) is 11.1 Å². The first kappa shape index (κ1) is 15.4. The highest BCUT2D eigenvalue weighted by Crippen LogP contribution is 2.36. The number of hydrogen-bond acceptors (Lipinski definition) is 5. The van der Waals surface area contributed by atoms with Gasteiger partial charge >= 0.3 is 0 Å². The summed E-state index contributed by atoms with van der Waals surface area (Å²) in [5.74, 6) is 1.66. The molecule has 0 unspecified atom stereocenters. The molecule has 1 aliphatic rings. The van der Waals surface area contributed by atoms with Crippen molar-refractivity contribution in [2.45, 2.75) is 13.8 Å². The maximum absolute atomic E-state index is 12.5. The van der Waals surface area contributed by atoms with Crippen LogP contribution in [0, 0.1) is 6.92 Å². The van der Waals surface area contributed by atoms with E-state index in [2.05, 4.69) is 0 Å². The number of aryl methyl sites for hydroxylation is 1. The molecule has 0 aliphatic carbocycles. The highest BCUT2D eigenvalue weighted by molar-refractivity contribution is 8.19. The van der Waals surface area contributed by atoms with E-state index < -0.39 is 0 Å². The van der Waals surface area contributed by atoms with Crippen LogP contribution in [0.5, 0.6) is 5.75 Å². The Balaban J connectivity index is 1.85. The van der Waals surface area contributed by atoms with Crippen LogP contribution in [0.3, 0.4) is 0 Å². The molecule has 3 rings (SSSR count). The Hall–Kier alpha value is -2.47. The average molecular weight is 329 g/mol. The van der Waals surface area contributed by atoms with Crippen LogP contribution in [0.2, 0.25) is 0 Å². The number of carbonyl (C=O) groups is 2. The lowest BCUT2D eigenvalue weighted by molar-refractivity contribution is -0.113. The third-order valence-electron chi connectivity index (χ3n) is 3.23. The molecular weight excluding hydrogens is 314 g/mol. The quantitative estimate of drug-likeness (QED) is 0.786. The zero-order chi connectivity index (χ0) is 16.4. The molecule has 1 saturated heterocycles. The first-order valence-electron chi connectivity index (χ1n) is 7.15. The number of hydrogen-bond donors (Lipinski definition) is 0. The molecule has 23 heavy (non-hydrogen) atoms. The number of benzene rings is 1.